The van der Waals surface area contributed by atoms with Crippen molar-refractivity contribution in [2.75, 3.05) is 5.73 Å². The third-order valence-electron chi connectivity index (χ3n) is 4.35. The van der Waals surface area contributed by atoms with Gasteiger partial charge in [0.1, 0.15) is 0 Å². The van der Waals surface area contributed by atoms with Crippen LogP contribution in [0.2, 0.25) is 0 Å². The van der Waals surface area contributed by atoms with Gasteiger partial charge in [-0.05, 0) is 24.7 Å². The van der Waals surface area contributed by atoms with Crippen molar-refractivity contribution < 1.29 is 0 Å². The maximum atomic E-state index is 6.07. The van der Waals surface area contributed by atoms with Gasteiger partial charge in [-0.15, -0.1) is 0 Å². The maximum Gasteiger partial charge on any atom is 0.198 e. The summed E-state index contributed by atoms with van der Waals surface area (Å²) in [5, 5.41) is 6.63. The second-order valence-corrected chi connectivity index (χ2v) is 6.34. The lowest BCUT2D eigenvalue weighted by Gasteiger charge is -2.24. The molecule has 2 heterocycles. The van der Waals surface area contributed by atoms with Crippen LogP contribution in [-0.2, 0) is 6.42 Å². The zero-order chi connectivity index (χ0) is 15.2. The van der Waals surface area contributed by atoms with Crippen molar-refractivity contribution in [1.82, 2.24) is 19.6 Å². The Morgan fingerprint density at radius 2 is 2.09 bits per heavy atom. The lowest BCUT2D eigenvalue weighted by Crippen LogP contribution is -2.37. The molecule has 0 amide bonds. The SMILES string of the molecule is CC1(Cc2nc3c(N)nc4c(n3n2)=CCCC=4)C=CC=CC1. The fraction of sp³-hybridized carbons (Fsp3) is 0.353. The molecular weight excluding hydrogens is 274 g/mol. The molecule has 2 aromatic rings. The quantitative estimate of drug-likeness (QED) is 0.901. The average molecular weight is 293 g/mol. The summed E-state index contributed by atoms with van der Waals surface area (Å²) in [5.41, 5.74) is 6.80. The Morgan fingerprint density at radius 1 is 1.23 bits per heavy atom. The van der Waals surface area contributed by atoms with Gasteiger partial charge in [0.15, 0.2) is 17.3 Å². The molecule has 0 aliphatic heterocycles. The van der Waals surface area contributed by atoms with E-state index in [-0.39, 0.29) is 5.41 Å². The van der Waals surface area contributed by atoms with E-state index in [1.807, 2.05) is 4.52 Å². The minimum absolute atomic E-state index is 0.0672. The Bertz CT molecular complexity index is 919. The molecule has 112 valence electrons. The molecule has 2 aliphatic carbocycles. The zero-order valence-corrected chi connectivity index (χ0v) is 12.7. The number of nitrogens with two attached hydrogens (primary N) is 1. The maximum absolute atomic E-state index is 6.07. The summed E-state index contributed by atoms with van der Waals surface area (Å²) >= 11 is 0. The highest BCUT2D eigenvalue weighted by Crippen LogP contribution is 2.30. The molecule has 0 aromatic carbocycles. The van der Waals surface area contributed by atoms with Gasteiger partial charge in [-0.2, -0.15) is 5.10 Å². The van der Waals surface area contributed by atoms with Gasteiger partial charge in [0.2, 0.25) is 0 Å². The minimum atomic E-state index is 0.0672. The van der Waals surface area contributed by atoms with Crippen molar-refractivity contribution in [1.29, 1.82) is 0 Å². The molecule has 5 nitrogen and oxygen atoms in total. The molecule has 0 fully saturated rings. The first kappa shape index (κ1) is 13.2. The van der Waals surface area contributed by atoms with Crippen LogP contribution in [0.15, 0.2) is 24.3 Å². The van der Waals surface area contributed by atoms with Gasteiger partial charge in [0, 0.05) is 6.42 Å². The topological polar surface area (TPSA) is 69.1 Å². The molecule has 1 atom stereocenters. The number of rotatable bonds is 2. The number of fused-ring (bicyclic) bond motifs is 3. The molecule has 0 spiro atoms. The molecule has 0 saturated carbocycles. The summed E-state index contributed by atoms with van der Waals surface area (Å²) < 4.78 is 1.86. The smallest absolute Gasteiger partial charge is 0.198 e. The molecular formula is C17H19N5. The molecule has 4 rings (SSSR count). The first-order valence-electron chi connectivity index (χ1n) is 7.71. The first-order valence-corrected chi connectivity index (χ1v) is 7.71. The van der Waals surface area contributed by atoms with Gasteiger partial charge in [-0.25, -0.2) is 14.5 Å². The van der Waals surface area contributed by atoms with Crippen molar-refractivity contribution in [2.45, 2.75) is 32.6 Å². The van der Waals surface area contributed by atoms with Gasteiger partial charge in [-0.1, -0.05) is 43.4 Å². The Hall–Kier alpha value is -2.43. The van der Waals surface area contributed by atoms with Crippen LogP contribution in [0.25, 0.3) is 17.8 Å². The van der Waals surface area contributed by atoms with Gasteiger partial charge in [0.25, 0.3) is 0 Å². The Labute approximate surface area is 128 Å². The molecule has 22 heavy (non-hydrogen) atoms. The number of allylic oxidation sites excluding steroid dienone is 4. The number of anilines is 1. The van der Waals surface area contributed by atoms with Gasteiger partial charge in [0.05, 0.1) is 10.7 Å². The van der Waals surface area contributed by atoms with E-state index in [4.69, 9.17) is 10.8 Å². The average Bonchev–Trinajstić information content (AvgIpc) is 2.92. The van der Waals surface area contributed by atoms with Crippen molar-refractivity contribution >= 4 is 23.6 Å². The number of nitrogen functional groups attached to an aromatic ring is 1. The number of hydrogen-bond acceptors (Lipinski definition) is 4. The van der Waals surface area contributed by atoms with Crippen LogP contribution in [0, 0.1) is 5.41 Å². The predicted octanol–water partition coefficient (Wildman–Crippen LogP) is 1.13. The van der Waals surface area contributed by atoms with Crippen LogP contribution in [0.5, 0.6) is 0 Å². The molecule has 2 N–H and O–H groups in total. The van der Waals surface area contributed by atoms with E-state index in [1.54, 1.807) is 0 Å². The normalized spacial score (nSPS) is 23.1. The third kappa shape index (κ3) is 2.13. The summed E-state index contributed by atoms with van der Waals surface area (Å²) in [4.78, 5) is 9.09. The van der Waals surface area contributed by atoms with E-state index in [1.165, 1.54) is 0 Å². The Morgan fingerprint density at radius 3 is 2.91 bits per heavy atom. The van der Waals surface area contributed by atoms with Gasteiger partial charge in [-0.3, -0.25) is 0 Å². The van der Waals surface area contributed by atoms with E-state index < -0.39 is 0 Å². The van der Waals surface area contributed by atoms with E-state index in [9.17, 15) is 0 Å². The van der Waals surface area contributed by atoms with Crippen LogP contribution in [0.3, 0.4) is 0 Å². The fourth-order valence-electron chi connectivity index (χ4n) is 3.15. The molecule has 0 radical (unpaired) electrons. The zero-order valence-electron chi connectivity index (χ0n) is 12.7. The third-order valence-corrected chi connectivity index (χ3v) is 4.35. The van der Waals surface area contributed by atoms with Gasteiger partial charge >= 0.3 is 0 Å². The highest BCUT2D eigenvalue weighted by Gasteiger charge is 2.24. The molecule has 5 heteroatoms. The molecule has 0 saturated heterocycles. The highest BCUT2D eigenvalue weighted by atomic mass is 15.3. The second-order valence-electron chi connectivity index (χ2n) is 6.34. The summed E-state index contributed by atoms with van der Waals surface area (Å²) in [5.74, 6) is 1.27. The van der Waals surface area contributed by atoms with Crippen LogP contribution in [-0.4, -0.2) is 19.6 Å². The monoisotopic (exact) mass is 293 g/mol. The molecule has 2 aromatic heterocycles. The van der Waals surface area contributed by atoms with E-state index in [2.05, 4.69) is 53.3 Å². The molecule has 2 aliphatic rings. The summed E-state index contributed by atoms with van der Waals surface area (Å²) in [6, 6.07) is 0. The van der Waals surface area contributed by atoms with Crippen LogP contribution in [0.1, 0.15) is 32.0 Å². The van der Waals surface area contributed by atoms with Crippen molar-refractivity contribution in [2.24, 2.45) is 5.41 Å². The summed E-state index contributed by atoms with van der Waals surface area (Å²) in [6.07, 6.45) is 16.7. The van der Waals surface area contributed by atoms with Gasteiger partial charge < -0.3 is 5.73 Å². The van der Waals surface area contributed by atoms with Crippen molar-refractivity contribution in [3.8, 4) is 0 Å². The standard InChI is InChI=1S/C17H19N5/c1-17(9-5-2-6-10-17)11-14-20-16-15(18)19-12-7-3-4-8-13(12)22(16)21-14/h2,5-9H,3-4,10-11H2,1H3,(H2,18,19). The number of aromatic nitrogens is 4. The van der Waals surface area contributed by atoms with Crippen LogP contribution in [0.4, 0.5) is 5.82 Å². The van der Waals surface area contributed by atoms with Crippen molar-refractivity contribution in [3.63, 3.8) is 0 Å². The van der Waals surface area contributed by atoms with E-state index >= 15 is 0 Å². The Kier molecular flexibility index (Phi) is 2.89. The molecule has 0 bridgehead atoms. The van der Waals surface area contributed by atoms with E-state index in [0.717, 1.165) is 42.2 Å². The summed E-state index contributed by atoms with van der Waals surface area (Å²) in [6.45, 7) is 2.23. The fourth-order valence-corrected chi connectivity index (χ4v) is 3.15. The predicted molar refractivity (Wildman–Crippen MR) is 87.3 cm³/mol. The Balaban J connectivity index is 1.83. The lowest BCUT2D eigenvalue weighted by molar-refractivity contribution is 0.416. The van der Waals surface area contributed by atoms with E-state index in [0.29, 0.717) is 11.5 Å². The van der Waals surface area contributed by atoms with Crippen molar-refractivity contribution in [3.05, 3.63) is 40.8 Å². The largest absolute Gasteiger partial charge is 0.381 e. The highest BCUT2D eigenvalue weighted by molar-refractivity contribution is 5.59. The second kappa shape index (κ2) is 4.80. The first-order chi connectivity index (χ1) is 10.6. The number of nitrogens with zero attached hydrogens (tertiary/aromatic N) is 4. The number of hydrogen-bond donors (Lipinski definition) is 1. The van der Waals surface area contributed by atoms with Crippen LogP contribution >= 0.6 is 0 Å². The summed E-state index contributed by atoms with van der Waals surface area (Å²) in [7, 11) is 0. The molecule has 1 unspecified atom stereocenters. The minimum Gasteiger partial charge on any atom is -0.381 e. The lowest BCUT2D eigenvalue weighted by atomic mass is 9.80. The van der Waals surface area contributed by atoms with Crippen LogP contribution < -0.4 is 16.4 Å².